The molecule has 0 aliphatic heterocycles. The summed E-state index contributed by atoms with van der Waals surface area (Å²) in [6.45, 7) is 1.83. The van der Waals surface area contributed by atoms with Crippen LogP contribution in [0.25, 0.3) is 0 Å². The Morgan fingerprint density at radius 1 is 1.50 bits per heavy atom. The summed E-state index contributed by atoms with van der Waals surface area (Å²) in [7, 11) is 1.71. The van der Waals surface area contributed by atoms with Crippen molar-refractivity contribution in [2.24, 2.45) is 7.05 Å². The van der Waals surface area contributed by atoms with Crippen LogP contribution in [0.2, 0.25) is 5.02 Å². The van der Waals surface area contributed by atoms with Gasteiger partial charge in [0, 0.05) is 24.0 Å². The fourth-order valence-electron chi connectivity index (χ4n) is 1.61. The third-order valence-corrected chi connectivity index (χ3v) is 3.00. The number of anilines is 2. The van der Waals surface area contributed by atoms with Crippen LogP contribution in [0.1, 0.15) is 16.1 Å². The molecule has 18 heavy (non-hydrogen) atoms. The Morgan fingerprint density at radius 2 is 2.22 bits per heavy atom. The monoisotopic (exact) mass is 264 g/mol. The van der Waals surface area contributed by atoms with E-state index in [4.69, 9.17) is 17.3 Å². The lowest BCUT2D eigenvalue weighted by Crippen LogP contribution is -2.15. The summed E-state index contributed by atoms with van der Waals surface area (Å²) in [4.78, 5) is 12.0. The smallest absolute Gasteiger partial charge is 0.278 e. The van der Waals surface area contributed by atoms with Gasteiger partial charge >= 0.3 is 0 Å². The van der Waals surface area contributed by atoms with Crippen molar-refractivity contribution in [1.82, 2.24) is 9.78 Å². The lowest BCUT2D eigenvalue weighted by molar-refractivity contribution is 0.102. The van der Waals surface area contributed by atoms with Gasteiger partial charge in [0.25, 0.3) is 5.91 Å². The highest BCUT2D eigenvalue weighted by Crippen LogP contribution is 2.23. The number of hydrogen-bond donors (Lipinski definition) is 2. The number of hydrogen-bond acceptors (Lipinski definition) is 3. The van der Waals surface area contributed by atoms with Crippen LogP contribution in [0.15, 0.2) is 24.4 Å². The summed E-state index contributed by atoms with van der Waals surface area (Å²) in [5.74, 6) is -0.349. The second kappa shape index (κ2) is 4.70. The fraction of sp³-hybridized carbons (Fsp3) is 0.167. The minimum atomic E-state index is -0.349. The van der Waals surface area contributed by atoms with E-state index in [1.165, 1.54) is 4.68 Å². The van der Waals surface area contributed by atoms with Crippen LogP contribution in [0, 0.1) is 6.92 Å². The van der Waals surface area contributed by atoms with Gasteiger partial charge in [-0.3, -0.25) is 9.48 Å². The standard InChI is InChI=1S/C12H13ClN4O/c1-7-8(13)4-3-5-10(7)15-12(18)11-9(14)6-17(2)16-11/h3-6H,14H2,1-2H3,(H,15,18). The number of amides is 1. The molecule has 3 N–H and O–H groups in total. The van der Waals surface area contributed by atoms with Gasteiger partial charge in [-0.05, 0) is 24.6 Å². The maximum absolute atomic E-state index is 12.0. The minimum absolute atomic E-state index is 0.205. The van der Waals surface area contributed by atoms with Crippen LogP contribution in [0.3, 0.4) is 0 Å². The lowest BCUT2D eigenvalue weighted by Gasteiger charge is -2.08. The van der Waals surface area contributed by atoms with Gasteiger partial charge in [-0.2, -0.15) is 5.10 Å². The largest absolute Gasteiger partial charge is 0.396 e. The number of carbonyl (C=O) groups excluding carboxylic acids is 1. The number of nitrogens with two attached hydrogens (primary N) is 1. The fourth-order valence-corrected chi connectivity index (χ4v) is 1.78. The van der Waals surface area contributed by atoms with Crippen molar-refractivity contribution in [2.75, 3.05) is 11.1 Å². The molecule has 1 aromatic heterocycles. The van der Waals surface area contributed by atoms with Gasteiger partial charge in [0.1, 0.15) is 0 Å². The first-order chi connectivity index (χ1) is 8.49. The Hall–Kier alpha value is -2.01. The Kier molecular flexibility index (Phi) is 3.25. The molecule has 2 aromatic rings. The molecule has 0 atom stereocenters. The summed E-state index contributed by atoms with van der Waals surface area (Å²) in [6, 6.07) is 5.31. The number of rotatable bonds is 2. The number of benzene rings is 1. The highest BCUT2D eigenvalue weighted by molar-refractivity contribution is 6.31. The first kappa shape index (κ1) is 12.4. The summed E-state index contributed by atoms with van der Waals surface area (Å²) in [6.07, 6.45) is 1.58. The van der Waals surface area contributed by atoms with Crippen molar-refractivity contribution < 1.29 is 4.79 Å². The summed E-state index contributed by atoms with van der Waals surface area (Å²) in [5, 5.41) is 7.35. The van der Waals surface area contributed by atoms with Gasteiger partial charge in [-0.15, -0.1) is 0 Å². The minimum Gasteiger partial charge on any atom is -0.396 e. The quantitative estimate of drug-likeness (QED) is 0.873. The molecule has 1 heterocycles. The van der Waals surface area contributed by atoms with E-state index in [9.17, 15) is 4.79 Å². The third kappa shape index (κ3) is 2.31. The zero-order valence-electron chi connectivity index (χ0n) is 10.1. The van der Waals surface area contributed by atoms with E-state index in [1.807, 2.05) is 6.92 Å². The zero-order chi connectivity index (χ0) is 13.3. The molecule has 1 amide bonds. The Morgan fingerprint density at radius 3 is 2.83 bits per heavy atom. The number of carbonyl (C=O) groups is 1. The molecule has 1 aromatic carbocycles. The molecule has 0 saturated carbocycles. The topological polar surface area (TPSA) is 72.9 Å². The van der Waals surface area contributed by atoms with E-state index in [-0.39, 0.29) is 11.6 Å². The number of nitrogens with zero attached hydrogens (tertiary/aromatic N) is 2. The predicted octanol–water partition coefficient (Wildman–Crippen LogP) is 2.22. The predicted molar refractivity (Wildman–Crippen MR) is 71.8 cm³/mol. The van der Waals surface area contributed by atoms with Crippen molar-refractivity contribution in [3.05, 3.63) is 40.7 Å². The highest BCUT2D eigenvalue weighted by Gasteiger charge is 2.15. The van der Waals surface area contributed by atoms with Gasteiger partial charge in [0.15, 0.2) is 5.69 Å². The molecule has 0 unspecified atom stereocenters. The Labute approximate surface area is 110 Å². The number of nitrogen functional groups attached to an aromatic ring is 1. The van der Waals surface area contributed by atoms with Crippen LogP contribution in [-0.2, 0) is 7.05 Å². The maximum atomic E-state index is 12.0. The van der Waals surface area contributed by atoms with Crippen LogP contribution in [0.5, 0.6) is 0 Å². The lowest BCUT2D eigenvalue weighted by atomic mass is 10.2. The average molecular weight is 265 g/mol. The summed E-state index contributed by atoms with van der Waals surface area (Å²) >= 11 is 5.98. The number of nitrogens with one attached hydrogen (secondary N) is 1. The van der Waals surface area contributed by atoms with Crippen LogP contribution in [-0.4, -0.2) is 15.7 Å². The molecule has 0 saturated heterocycles. The molecule has 0 fully saturated rings. The molecule has 94 valence electrons. The van der Waals surface area contributed by atoms with Gasteiger partial charge < -0.3 is 11.1 Å². The maximum Gasteiger partial charge on any atom is 0.278 e. The van der Waals surface area contributed by atoms with Crippen molar-refractivity contribution in [3.63, 3.8) is 0 Å². The van der Waals surface area contributed by atoms with E-state index in [0.29, 0.717) is 16.4 Å². The first-order valence-electron chi connectivity index (χ1n) is 5.34. The van der Waals surface area contributed by atoms with Gasteiger partial charge in [0.05, 0.1) is 5.69 Å². The van der Waals surface area contributed by atoms with Crippen LogP contribution >= 0.6 is 11.6 Å². The molecule has 0 spiro atoms. The van der Waals surface area contributed by atoms with Crippen molar-refractivity contribution in [3.8, 4) is 0 Å². The van der Waals surface area contributed by atoms with E-state index >= 15 is 0 Å². The molecule has 0 aliphatic carbocycles. The molecular weight excluding hydrogens is 252 g/mol. The summed E-state index contributed by atoms with van der Waals surface area (Å²) < 4.78 is 1.50. The highest BCUT2D eigenvalue weighted by atomic mass is 35.5. The van der Waals surface area contributed by atoms with E-state index in [2.05, 4.69) is 10.4 Å². The van der Waals surface area contributed by atoms with Crippen molar-refractivity contribution in [1.29, 1.82) is 0 Å². The van der Waals surface area contributed by atoms with E-state index in [0.717, 1.165) is 5.56 Å². The van der Waals surface area contributed by atoms with E-state index in [1.54, 1.807) is 31.4 Å². The normalized spacial score (nSPS) is 10.4. The molecule has 0 aliphatic rings. The van der Waals surface area contributed by atoms with Gasteiger partial charge in [-0.25, -0.2) is 0 Å². The second-order valence-corrected chi connectivity index (χ2v) is 4.38. The van der Waals surface area contributed by atoms with Crippen molar-refractivity contribution in [2.45, 2.75) is 6.92 Å². The van der Waals surface area contributed by atoms with Gasteiger partial charge in [-0.1, -0.05) is 17.7 Å². The van der Waals surface area contributed by atoms with Crippen molar-refractivity contribution >= 4 is 28.9 Å². The Bertz CT molecular complexity index is 606. The SMILES string of the molecule is Cc1c(Cl)cccc1NC(=O)c1nn(C)cc1N. The molecule has 0 bridgehead atoms. The third-order valence-electron chi connectivity index (χ3n) is 2.59. The summed E-state index contributed by atoms with van der Waals surface area (Å²) in [5.41, 5.74) is 7.70. The molecular formula is C12H13ClN4O. The van der Waals surface area contributed by atoms with Gasteiger partial charge in [0.2, 0.25) is 0 Å². The number of aromatic nitrogens is 2. The zero-order valence-corrected chi connectivity index (χ0v) is 10.8. The molecule has 6 heteroatoms. The van der Waals surface area contributed by atoms with Crippen LogP contribution < -0.4 is 11.1 Å². The number of aryl methyl sites for hydroxylation is 1. The molecule has 5 nitrogen and oxygen atoms in total. The van der Waals surface area contributed by atoms with E-state index < -0.39 is 0 Å². The van der Waals surface area contributed by atoms with Crippen LogP contribution in [0.4, 0.5) is 11.4 Å². The number of halogens is 1. The molecule has 2 rings (SSSR count). The Balaban J connectivity index is 2.27. The first-order valence-corrected chi connectivity index (χ1v) is 5.72. The molecule has 0 radical (unpaired) electrons. The average Bonchev–Trinajstić information content (AvgIpc) is 2.64. The second-order valence-electron chi connectivity index (χ2n) is 3.97.